The molecule has 0 radical (unpaired) electrons. The first-order valence-corrected chi connectivity index (χ1v) is 11.0. The number of aromatic nitrogens is 2. The Hall–Kier alpha value is -3.57. The molecule has 1 atom stereocenters. The zero-order chi connectivity index (χ0) is 22.1. The molecule has 0 fully saturated rings. The van der Waals surface area contributed by atoms with Crippen molar-refractivity contribution in [1.82, 2.24) is 15.1 Å². The number of amides is 1. The van der Waals surface area contributed by atoms with Gasteiger partial charge in [0, 0.05) is 22.7 Å². The Morgan fingerprint density at radius 3 is 2.56 bits per heavy atom. The molecular weight excluding hydrogens is 422 g/mol. The molecule has 2 heterocycles. The van der Waals surface area contributed by atoms with Crippen LogP contribution in [0.3, 0.4) is 0 Å². The van der Waals surface area contributed by atoms with Gasteiger partial charge in [0.1, 0.15) is 11.4 Å². The summed E-state index contributed by atoms with van der Waals surface area (Å²) in [5, 5.41) is 8.17. The van der Waals surface area contributed by atoms with Crippen molar-refractivity contribution in [2.45, 2.75) is 19.5 Å². The molecule has 1 N–H and O–H groups in total. The van der Waals surface area contributed by atoms with Crippen LogP contribution in [0, 0.1) is 0 Å². The van der Waals surface area contributed by atoms with Crippen molar-refractivity contribution in [3.8, 4) is 17.0 Å². The summed E-state index contributed by atoms with van der Waals surface area (Å²) in [6.45, 7) is 3.03. The van der Waals surface area contributed by atoms with Crippen molar-refractivity contribution in [1.29, 1.82) is 0 Å². The molecule has 32 heavy (non-hydrogen) atoms. The highest BCUT2D eigenvalue weighted by atomic mass is 35.5. The Labute approximate surface area is 191 Å². The molecule has 1 unspecified atom stereocenters. The lowest BCUT2D eigenvalue weighted by atomic mass is 9.95. The van der Waals surface area contributed by atoms with Crippen molar-refractivity contribution >= 4 is 17.5 Å². The quantitative estimate of drug-likeness (QED) is 0.405. The molecule has 0 aliphatic carbocycles. The first-order valence-electron chi connectivity index (χ1n) is 10.6. The third-order valence-corrected chi connectivity index (χ3v) is 5.91. The van der Waals surface area contributed by atoms with E-state index in [9.17, 15) is 4.79 Å². The molecule has 1 amide bonds. The van der Waals surface area contributed by atoms with Crippen molar-refractivity contribution < 1.29 is 9.53 Å². The number of nitrogens with zero attached hydrogens (tertiary/aromatic N) is 2. The van der Waals surface area contributed by atoms with Gasteiger partial charge in [0.2, 0.25) is 0 Å². The van der Waals surface area contributed by atoms with E-state index in [2.05, 4.69) is 10.2 Å². The second-order valence-electron chi connectivity index (χ2n) is 7.69. The average molecular weight is 444 g/mol. The number of carbonyl (C=O) groups excluding carboxylic acids is 1. The first-order chi connectivity index (χ1) is 15.7. The lowest BCUT2D eigenvalue weighted by molar-refractivity contribution is 0.0730. The molecule has 160 valence electrons. The van der Waals surface area contributed by atoms with Gasteiger partial charge in [-0.2, -0.15) is 5.10 Å². The van der Waals surface area contributed by atoms with Crippen molar-refractivity contribution in [3.05, 3.63) is 106 Å². The third-order valence-electron chi connectivity index (χ3n) is 5.66. The minimum absolute atomic E-state index is 0.0663. The average Bonchev–Trinajstić information content (AvgIpc) is 3.35. The molecule has 0 saturated heterocycles. The van der Waals surface area contributed by atoms with E-state index in [1.165, 1.54) is 0 Å². The number of hydrogen-bond acceptors (Lipinski definition) is 3. The maximum absolute atomic E-state index is 13.5. The maximum atomic E-state index is 13.5. The van der Waals surface area contributed by atoms with Gasteiger partial charge in [-0.15, -0.1) is 0 Å². The monoisotopic (exact) mass is 443 g/mol. The second-order valence-corrected chi connectivity index (χ2v) is 8.13. The Kier molecular flexibility index (Phi) is 5.41. The van der Waals surface area contributed by atoms with Crippen LogP contribution in [0.2, 0.25) is 5.02 Å². The predicted octanol–water partition coefficient (Wildman–Crippen LogP) is 5.87. The molecule has 0 spiro atoms. The van der Waals surface area contributed by atoms with Crippen LogP contribution in [0.15, 0.2) is 78.9 Å². The fourth-order valence-electron chi connectivity index (χ4n) is 4.26. The van der Waals surface area contributed by atoms with Crippen molar-refractivity contribution in [3.63, 3.8) is 0 Å². The Morgan fingerprint density at radius 1 is 1.03 bits per heavy atom. The standard InChI is InChI=1S/C26H22ClN3O2/c1-2-32-21-10-6-9-19(15-21)25-22-23(18-11-13-20(27)14-12-18)28-29-24(22)26(31)30(25)16-17-7-4-3-5-8-17/h3-15,25H,2,16H2,1H3,(H,28,29). The van der Waals surface area contributed by atoms with Gasteiger partial charge < -0.3 is 9.64 Å². The van der Waals surface area contributed by atoms with Crippen LogP contribution >= 0.6 is 11.6 Å². The van der Waals surface area contributed by atoms with Crippen LogP contribution in [0.4, 0.5) is 0 Å². The van der Waals surface area contributed by atoms with Gasteiger partial charge in [-0.3, -0.25) is 9.89 Å². The van der Waals surface area contributed by atoms with Gasteiger partial charge in [0.05, 0.1) is 18.3 Å². The van der Waals surface area contributed by atoms with Gasteiger partial charge >= 0.3 is 0 Å². The predicted molar refractivity (Wildman–Crippen MR) is 125 cm³/mol. The minimum Gasteiger partial charge on any atom is -0.494 e. The van der Waals surface area contributed by atoms with Gasteiger partial charge in [0.15, 0.2) is 0 Å². The summed E-state index contributed by atoms with van der Waals surface area (Å²) in [5.41, 5.74) is 5.12. The Bertz CT molecular complexity index is 1250. The summed E-state index contributed by atoms with van der Waals surface area (Å²) in [6, 6.07) is 25.2. The highest BCUT2D eigenvalue weighted by molar-refractivity contribution is 6.30. The van der Waals surface area contributed by atoms with Gasteiger partial charge in [-0.1, -0.05) is 66.2 Å². The fourth-order valence-corrected chi connectivity index (χ4v) is 4.38. The molecule has 4 aromatic rings. The zero-order valence-corrected chi connectivity index (χ0v) is 18.3. The number of benzene rings is 3. The summed E-state index contributed by atoms with van der Waals surface area (Å²) in [4.78, 5) is 15.4. The van der Waals surface area contributed by atoms with E-state index in [4.69, 9.17) is 16.3 Å². The van der Waals surface area contributed by atoms with Crippen molar-refractivity contribution in [2.24, 2.45) is 0 Å². The number of nitrogens with one attached hydrogen (secondary N) is 1. The van der Waals surface area contributed by atoms with E-state index >= 15 is 0 Å². The molecule has 6 heteroatoms. The maximum Gasteiger partial charge on any atom is 0.273 e. The SMILES string of the molecule is CCOc1cccc(C2c3c(-c4ccc(Cl)cc4)n[nH]c3C(=O)N2Cc2ccccc2)c1. The first kappa shape index (κ1) is 20.3. The zero-order valence-electron chi connectivity index (χ0n) is 17.6. The summed E-state index contributed by atoms with van der Waals surface area (Å²) in [5.74, 6) is 0.713. The summed E-state index contributed by atoms with van der Waals surface area (Å²) < 4.78 is 5.74. The molecule has 1 aliphatic heterocycles. The van der Waals surface area contributed by atoms with Gasteiger partial charge in [-0.25, -0.2) is 0 Å². The van der Waals surface area contributed by atoms with E-state index in [-0.39, 0.29) is 11.9 Å². The van der Waals surface area contributed by atoms with Gasteiger partial charge in [-0.05, 0) is 42.3 Å². The number of aromatic amines is 1. The molecule has 5 rings (SSSR count). The normalized spacial score (nSPS) is 15.1. The lowest BCUT2D eigenvalue weighted by Crippen LogP contribution is -2.29. The van der Waals surface area contributed by atoms with Crippen molar-refractivity contribution in [2.75, 3.05) is 6.61 Å². The Morgan fingerprint density at radius 2 is 1.81 bits per heavy atom. The molecule has 0 bridgehead atoms. The largest absolute Gasteiger partial charge is 0.494 e. The van der Waals surface area contributed by atoms with Crippen LogP contribution in [0.5, 0.6) is 5.75 Å². The highest BCUT2D eigenvalue weighted by Crippen LogP contribution is 2.44. The van der Waals surface area contributed by atoms with Gasteiger partial charge in [0.25, 0.3) is 5.91 Å². The lowest BCUT2D eigenvalue weighted by Gasteiger charge is -2.27. The number of ether oxygens (including phenoxy) is 1. The molecule has 0 saturated carbocycles. The Balaban J connectivity index is 1.64. The van der Waals surface area contributed by atoms with Crippen LogP contribution < -0.4 is 4.74 Å². The van der Waals surface area contributed by atoms with E-state index in [0.29, 0.717) is 23.9 Å². The number of rotatable bonds is 6. The molecular formula is C26H22ClN3O2. The summed E-state index contributed by atoms with van der Waals surface area (Å²) >= 11 is 6.09. The number of fused-ring (bicyclic) bond motifs is 1. The minimum atomic E-state index is -0.289. The molecule has 5 nitrogen and oxygen atoms in total. The number of hydrogen-bond donors (Lipinski definition) is 1. The van der Waals surface area contributed by atoms with E-state index in [0.717, 1.165) is 33.7 Å². The molecule has 3 aromatic carbocycles. The van der Waals surface area contributed by atoms with Crippen LogP contribution in [0.25, 0.3) is 11.3 Å². The number of halogens is 1. The van der Waals surface area contributed by atoms with E-state index in [1.807, 2.05) is 90.7 Å². The smallest absolute Gasteiger partial charge is 0.273 e. The fraction of sp³-hybridized carbons (Fsp3) is 0.154. The second kappa shape index (κ2) is 8.52. The highest BCUT2D eigenvalue weighted by Gasteiger charge is 2.42. The van der Waals surface area contributed by atoms with E-state index in [1.54, 1.807) is 0 Å². The van der Waals surface area contributed by atoms with E-state index < -0.39 is 0 Å². The number of carbonyl (C=O) groups is 1. The summed E-state index contributed by atoms with van der Waals surface area (Å²) in [6.07, 6.45) is 0. The van der Waals surface area contributed by atoms with Crippen LogP contribution in [-0.4, -0.2) is 27.6 Å². The van der Waals surface area contributed by atoms with Crippen LogP contribution in [-0.2, 0) is 6.54 Å². The number of H-pyrrole nitrogens is 1. The van der Waals surface area contributed by atoms with Crippen LogP contribution in [0.1, 0.15) is 40.1 Å². The topological polar surface area (TPSA) is 58.2 Å². The summed E-state index contributed by atoms with van der Waals surface area (Å²) in [7, 11) is 0. The molecule has 1 aromatic heterocycles. The molecule has 1 aliphatic rings. The third kappa shape index (κ3) is 3.65.